The molecule has 11 heteroatoms. The van der Waals surface area contributed by atoms with Crippen molar-refractivity contribution >= 4 is 23.4 Å². The normalized spacial score (nSPS) is 32.6. The fourth-order valence-corrected chi connectivity index (χ4v) is 6.20. The number of urea groups is 1. The van der Waals surface area contributed by atoms with Crippen LogP contribution in [0, 0.1) is 5.92 Å². The van der Waals surface area contributed by atoms with Gasteiger partial charge >= 0.3 is 12.4 Å². The van der Waals surface area contributed by atoms with Crippen LogP contribution >= 0.6 is 11.6 Å². The number of rotatable bonds is 6. The van der Waals surface area contributed by atoms with E-state index in [4.69, 9.17) is 16.3 Å². The molecule has 36 heavy (non-hydrogen) atoms. The number of Topliss-reactive ketones (excluding diaryl/α,β-unsaturated/α-hetero) is 1. The largest absolute Gasteiger partial charge is 0.522 e. The number of ketones is 1. The molecule has 2 amide bonds. The summed E-state index contributed by atoms with van der Waals surface area (Å²) in [5.41, 5.74) is 0.599. The second-order valence-corrected chi connectivity index (χ2v) is 10.8. The number of carbonyl (C=O) groups is 2. The topological polar surface area (TPSA) is 79.3 Å². The lowest BCUT2D eigenvalue weighted by molar-refractivity contribution is -0.353. The van der Waals surface area contributed by atoms with E-state index >= 15 is 0 Å². The zero-order chi connectivity index (χ0) is 25.6. The summed E-state index contributed by atoms with van der Waals surface area (Å²) in [6, 6.07) is 4.78. The Bertz CT molecular complexity index is 994. The van der Waals surface area contributed by atoms with Crippen molar-refractivity contribution in [2.45, 2.75) is 88.1 Å². The average Bonchev–Trinajstić information content (AvgIpc) is 3.17. The van der Waals surface area contributed by atoms with Crippen LogP contribution in [0.2, 0.25) is 5.02 Å². The number of hydrogen-bond donors (Lipinski definition) is 1. The van der Waals surface area contributed by atoms with E-state index in [0.29, 0.717) is 35.8 Å². The third-order valence-electron chi connectivity index (χ3n) is 8.03. The highest BCUT2D eigenvalue weighted by Gasteiger charge is 2.46. The van der Waals surface area contributed by atoms with Gasteiger partial charge < -0.3 is 19.6 Å². The van der Waals surface area contributed by atoms with Gasteiger partial charge in [-0.05, 0) is 62.6 Å². The molecular weight excluding hydrogens is 501 g/mol. The Morgan fingerprint density at radius 1 is 1.08 bits per heavy atom. The van der Waals surface area contributed by atoms with E-state index < -0.39 is 24.7 Å². The zero-order valence-electron chi connectivity index (χ0n) is 19.8. The molecule has 1 saturated heterocycles. The van der Waals surface area contributed by atoms with E-state index in [2.05, 4.69) is 4.74 Å². The minimum atomic E-state index is -4.64. The molecule has 3 fully saturated rings. The molecule has 0 unspecified atom stereocenters. The lowest BCUT2D eigenvalue weighted by atomic mass is 9.81. The molecule has 5 rings (SSSR count). The van der Waals surface area contributed by atoms with Gasteiger partial charge in [0.05, 0.1) is 12.2 Å². The third-order valence-corrected chi connectivity index (χ3v) is 8.26. The van der Waals surface area contributed by atoms with Crippen molar-refractivity contribution in [3.63, 3.8) is 0 Å². The van der Waals surface area contributed by atoms with E-state index in [1.165, 1.54) is 0 Å². The summed E-state index contributed by atoms with van der Waals surface area (Å²) >= 11 is 5.99. The number of hydrogen-bond acceptors (Lipinski definition) is 5. The Kier molecular flexibility index (Phi) is 7.13. The Labute approximate surface area is 212 Å². The first-order valence-electron chi connectivity index (χ1n) is 12.6. The number of carbonyl (C=O) groups excluding carboxylic acids is 2. The highest BCUT2D eigenvalue weighted by molar-refractivity contribution is 6.30. The third kappa shape index (κ3) is 5.45. The van der Waals surface area contributed by atoms with E-state index in [-0.39, 0.29) is 49.1 Å². The molecule has 2 atom stereocenters. The molecule has 2 saturated carbocycles. The summed E-state index contributed by atoms with van der Waals surface area (Å²) in [6.45, 7) is 1.10. The molecule has 1 N–H and O–H groups in total. The maximum Gasteiger partial charge on any atom is 0.522 e. The van der Waals surface area contributed by atoms with E-state index in [1.54, 1.807) is 23.1 Å². The number of amides is 2. The van der Waals surface area contributed by atoms with E-state index in [1.807, 2.05) is 4.90 Å². The predicted octanol–water partition coefficient (Wildman–Crippen LogP) is 4.85. The minimum Gasteiger partial charge on any atom is -0.482 e. The maximum absolute atomic E-state index is 12.9. The number of aliphatic hydroxyl groups excluding tert-OH is 1. The van der Waals surface area contributed by atoms with Crippen LogP contribution in [-0.4, -0.2) is 70.5 Å². The van der Waals surface area contributed by atoms with Crippen LogP contribution in [0.25, 0.3) is 0 Å². The summed E-state index contributed by atoms with van der Waals surface area (Å²) < 4.78 is 47.0. The van der Waals surface area contributed by atoms with Gasteiger partial charge in [-0.3, -0.25) is 9.53 Å². The summed E-state index contributed by atoms with van der Waals surface area (Å²) in [5.74, 6) is 0.657. The highest BCUT2D eigenvalue weighted by atomic mass is 35.5. The second-order valence-electron chi connectivity index (χ2n) is 10.4. The first-order valence-corrected chi connectivity index (χ1v) is 12.9. The quantitative estimate of drug-likeness (QED) is 0.569. The molecule has 198 valence electrons. The maximum atomic E-state index is 12.9. The Morgan fingerprint density at radius 3 is 2.42 bits per heavy atom. The lowest BCUT2D eigenvalue weighted by Crippen LogP contribution is -2.51. The number of aliphatic hydroxyl groups is 1. The van der Waals surface area contributed by atoms with Crippen LogP contribution in [0.3, 0.4) is 0 Å². The van der Waals surface area contributed by atoms with Gasteiger partial charge in [0.2, 0.25) is 0 Å². The van der Waals surface area contributed by atoms with Crippen molar-refractivity contribution in [1.82, 2.24) is 9.80 Å². The number of benzene rings is 1. The Morgan fingerprint density at radius 2 is 1.75 bits per heavy atom. The van der Waals surface area contributed by atoms with Gasteiger partial charge in [-0.2, -0.15) is 0 Å². The van der Waals surface area contributed by atoms with Gasteiger partial charge in [-0.25, -0.2) is 4.79 Å². The summed E-state index contributed by atoms with van der Waals surface area (Å²) in [6.07, 6.45) is -2.80. The van der Waals surface area contributed by atoms with Crippen molar-refractivity contribution in [1.29, 1.82) is 0 Å². The van der Waals surface area contributed by atoms with Crippen LogP contribution < -0.4 is 4.74 Å². The summed E-state index contributed by atoms with van der Waals surface area (Å²) in [7, 11) is 0. The van der Waals surface area contributed by atoms with Crippen LogP contribution in [0.1, 0.15) is 63.0 Å². The molecule has 1 aromatic carbocycles. The van der Waals surface area contributed by atoms with Crippen molar-refractivity contribution < 1.29 is 37.3 Å². The van der Waals surface area contributed by atoms with Gasteiger partial charge in [-0.15, -0.1) is 13.2 Å². The molecule has 0 aromatic heterocycles. The molecular formula is C25H30ClF3N2O5. The second kappa shape index (κ2) is 10.0. The lowest BCUT2D eigenvalue weighted by Gasteiger charge is -2.41. The molecule has 0 bridgehead atoms. The smallest absolute Gasteiger partial charge is 0.482 e. The van der Waals surface area contributed by atoms with Crippen LogP contribution in [0.4, 0.5) is 18.0 Å². The van der Waals surface area contributed by atoms with Crippen molar-refractivity contribution in [3.05, 3.63) is 28.8 Å². The molecule has 4 aliphatic rings. The molecule has 0 radical (unpaired) electrons. The zero-order valence-corrected chi connectivity index (χ0v) is 20.5. The SMILES string of the molecule is O=C(CC1CCC(N2CCN(C3CC(OC(F)(F)F)C3)C2=O)CC1)[C@H]1C[C@@H](O)c2cc(Cl)ccc2O1. The molecule has 2 heterocycles. The number of nitrogens with zero attached hydrogens (tertiary/aromatic N) is 2. The summed E-state index contributed by atoms with van der Waals surface area (Å²) in [5, 5.41) is 11.0. The number of ether oxygens (including phenoxy) is 2. The van der Waals surface area contributed by atoms with Crippen molar-refractivity contribution in [2.24, 2.45) is 5.92 Å². The fourth-order valence-electron chi connectivity index (χ4n) is 6.02. The standard InChI is InChI=1S/C25H30ClF3N2O5/c26-15-3-6-22-19(10-15)20(32)13-23(35-22)21(33)9-14-1-4-16(5-2-14)30-7-8-31(24(30)34)17-11-18(12-17)36-25(27,28)29/h3,6,10,14,16-18,20,23,32H,1-2,4-5,7-9,11-13H2/t14?,16?,17?,18?,20-,23-/m1/s1. The average molecular weight is 531 g/mol. The molecule has 2 aliphatic heterocycles. The van der Waals surface area contributed by atoms with Gasteiger partial charge in [0.25, 0.3) is 0 Å². The van der Waals surface area contributed by atoms with Crippen molar-refractivity contribution in [2.75, 3.05) is 13.1 Å². The number of halogens is 4. The predicted molar refractivity (Wildman–Crippen MR) is 124 cm³/mol. The molecule has 1 aromatic rings. The molecule has 0 spiro atoms. The van der Waals surface area contributed by atoms with Gasteiger partial charge in [0, 0.05) is 48.6 Å². The number of fused-ring (bicyclic) bond motifs is 1. The monoisotopic (exact) mass is 530 g/mol. The first kappa shape index (κ1) is 25.6. The minimum absolute atomic E-state index is 0.0258. The fraction of sp³-hybridized carbons (Fsp3) is 0.680. The van der Waals surface area contributed by atoms with Gasteiger partial charge in [-0.1, -0.05) is 11.6 Å². The van der Waals surface area contributed by atoms with Crippen LogP contribution in [-0.2, 0) is 9.53 Å². The Balaban J connectivity index is 1.07. The van der Waals surface area contributed by atoms with E-state index in [0.717, 1.165) is 25.7 Å². The Hall–Kier alpha value is -2.04. The summed E-state index contributed by atoms with van der Waals surface area (Å²) in [4.78, 5) is 29.4. The van der Waals surface area contributed by atoms with Crippen LogP contribution in [0.15, 0.2) is 18.2 Å². The van der Waals surface area contributed by atoms with Crippen molar-refractivity contribution in [3.8, 4) is 5.75 Å². The molecule has 7 nitrogen and oxygen atoms in total. The van der Waals surface area contributed by atoms with Gasteiger partial charge in [0.15, 0.2) is 11.9 Å². The molecule has 2 aliphatic carbocycles. The highest BCUT2D eigenvalue weighted by Crippen LogP contribution is 2.39. The van der Waals surface area contributed by atoms with Crippen LogP contribution in [0.5, 0.6) is 5.75 Å². The first-order chi connectivity index (χ1) is 17.1. The number of alkyl halides is 3. The van der Waals surface area contributed by atoms with Gasteiger partial charge in [0.1, 0.15) is 5.75 Å². The van der Waals surface area contributed by atoms with E-state index in [9.17, 15) is 27.9 Å².